The fourth-order valence-electron chi connectivity index (χ4n) is 3.39. The molecule has 0 saturated carbocycles. The van der Waals surface area contributed by atoms with Crippen LogP contribution in [0.3, 0.4) is 0 Å². The Kier molecular flexibility index (Phi) is 5.92. The second kappa shape index (κ2) is 8.06. The normalized spacial score (nSPS) is 20.6. The van der Waals surface area contributed by atoms with Gasteiger partial charge in [0, 0.05) is 44.1 Å². The van der Waals surface area contributed by atoms with Crippen molar-refractivity contribution in [3.63, 3.8) is 0 Å². The molecule has 3 rings (SSSR count). The quantitative estimate of drug-likeness (QED) is 0.688. The van der Waals surface area contributed by atoms with Gasteiger partial charge in [-0.15, -0.1) is 0 Å². The third-order valence-electron chi connectivity index (χ3n) is 5.25. The second-order valence-electron chi connectivity index (χ2n) is 7.26. The number of ether oxygens (including phenoxy) is 1. The molecule has 0 spiro atoms. The molecule has 2 heterocycles. The zero-order valence-electron chi connectivity index (χ0n) is 15.5. The number of halogens is 4. The van der Waals surface area contributed by atoms with Gasteiger partial charge in [0.1, 0.15) is 5.82 Å². The molecule has 2 fully saturated rings. The van der Waals surface area contributed by atoms with Crippen molar-refractivity contribution in [2.24, 2.45) is 0 Å². The minimum absolute atomic E-state index is 0.0410. The first-order valence-corrected chi connectivity index (χ1v) is 9.19. The van der Waals surface area contributed by atoms with Crippen LogP contribution >= 0.6 is 0 Å². The van der Waals surface area contributed by atoms with Crippen molar-refractivity contribution in [3.8, 4) is 0 Å². The van der Waals surface area contributed by atoms with E-state index in [1.165, 1.54) is 0 Å². The number of likely N-dealkylation sites (tertiary alicyclic amines) is 2. The molecule has 1 unspecified atom stereocenters. The molecule has 0 aromatic heterocycles. The van der Waals surface area contributed by atoms with Crippen LogP contribution in [0.1, 0.15) is 37.3 Å². The minimum atomic E-state index is -4.59. The van der Waals surface area contributed by atoms with Crippen molar-refractivity contribution in [2.75, 3.05) is 19.6 Å². The van der Waals surface area contributed by atoms with Crippen LogP contribution in [-0.2, 0) is 27.1 Å². The predicted molar refractivity (Wildman–Crippen MR) is 91.6 cm³/mol. The van der Waals surface area contributed by atoms with E-state index in [4.69, 9.17) is 4.74 Å². The molecule has 1 aromatic rings. The molecule has 9 heteroatoms. The van der Waals surface area contributed by atoms with E-state index in [1.54, 1.807) is 9.80 Å². The van der Waals surface area contributed by atoms with Gasteiger partial charge in [-0.25, -0.2) is 4.39 Å². The number of amides is 2. The third kappa shape index (κ3) is 4.63. The average molecular weight is 402 g/mol. The van der Waals surface area contributed by atoms with Gasteiger partial charge in [-0.1, -0.05) is 6.07 Å². The Labute approximate surface area is 160 Å². The van der Waals surface area contributed by atoms with E-state index in [2.05, 4.69) is 0 Å². The molecule has 1 atom stereocenters. The van der Waals surface area contributed by atoms with E-state index < -0.39 is 17.6 Å². The molecule has 2 saturated heterocycles. The number of benzene rings is 1. The summed E-state index contributed by atoms with van der Waals surface area (Å²) in [5.74, 6) is -0.970. The van der Waals surface area contributed by atoms with Gasteiger partial charge < -0.3 is 14.5 Å². The topological polar surface area (TPSA) is 49.9 Å². The van der Waals surface area contributed by atoms with Gasteiger partial charge in [0.05, 0.1) is 18.3 Å². The van der Waals surface area contributed by atoms with Crippen LogP contribution in [0.15, 0.2) is 18.2 Å². The number of carbonyl (C=O) groups excluding carboxylic acids is 2. The fourth-order valence-corrected chi connectivity index (χ4v) is 3.39. The monoisotopic (exact) mass is 402 g/mol. The lowest BCUT2D eigenvalue weighted by Crippen LogP contribution is -2.55. The van der Waals surface area contributed by atoms with E-state index >= 15 is 0 Å². The summed E-state index contributed by atoms with van der Waals surface area (Å²) in [6, 6.07) is 2.49. The van der Waals surface area contributed by atoms with Crippen molar-refractivity contribution < 1.29 is 31.9 Å². The standard InChI is InChI=1S/C19H22F4N2O3/c1-12-2-5-18(27)25(12)7-6-17(26)24-9-15(10-24)28-11-13-3-4-14(8-16(13)20)19(21,22)23/h3-4,8,12,15H,2,5-7,9-11H2,1H3. The van der Waals surface area contributed by atoms with Gasteiger partial charge in [-0.05, 0) is 25.5 Å². The van der Waals surface area contributed by atoms with E-state index in [9.17, 15) is 27.2 Å². The van der Waals surface area contributed by atoms with Gasteiger partial charge in [0.15, 0.2) is 0 Å². The summed E-state index contributed by atoms with van der Waals surface area (Å²) in [5, 5.41) is 0. The molecule has 154 valence electrons. The fraction of sp³-hybridized carbons (Fsp3) is 0.579. The van der Waals surface area contributed by atoms with Gasteiger partial charge in [-0.3, -0.25) is 9.59 Å². The van der Waals surface area contributed by atoms with E-state index in [-0.39, 0.29) is 42.6 Å². The molecule has 0 radical (unpaired) electrons. The van der Waals surface area contributed by atoms with Crippen LogP contribution in [0.25, 0.3) is 0 Å². The minimum Gasteiger partial charge on any atom is -0.370 e. The van der Waals surface area contributed by atoms with Gasteiger partial charge in [0.2, 0.25) is 11.8 Å². The maximum atomic E-state index is 13.8. The Hall–Kier alpha value is -2.16. The zero-order chi connectivity index (χ0) is 20.5. The number of carbonyl (C=O) groups is 2. The molecular formula is C19H22F4N2O3. The van der Waals surface area contributed by atoms with Crippen molar-refractivity contribution in [3.05, 3.63) is 35.1 Å². The zero-order valence-corrected chi connectivity index (χ0v) is 15.5. The number of rotatable bonds is 6. The van der Waals surface area contributed by atoms with Crippen LogP contribution in [-0.4, -0.2) is 53.4 Å². The van der Waals surface area contributed by atoms with Crippen molar-refractivity contribution in [1.82, 2.24) is 9.80 Å². The lowest BCUT2D eigenvalue weighted by atomic mass is 10.1. The van der Waals surface area contributed by atoms with Crippen molar-refractivity contribution in [1.29, 1.82) is 0 Å². The average Bonchev–Trinajstić information content (AvgIpc) is 2.90. The predicted octanol–water partition coefficient (Wildman–Crippen LogP) is 2.97. The summed E-state index contributed by atoms with van der Waals surface area (Å²) in [6.45, 7) is 2.91. The van der Waals surface area contributed by atoms with Crippen LogP contribution in [0.5, 0.6) is 0 Å². The van der Waals surface area contributed by atoms with E-state index in [0.29, 0.717) is 32.1 Å². The SMILES string of the molecule is CC1CCC(=O)N1CCC(=O)N1CC(OCc2ccc(C(F)(F)F)cc2F)C1. The van der Waals surface area contributed by atoms with Gasteiger partial charge in [0.25, 0.3) is 0 Å². The molecule has 5 nitrogen and oxygen atoms in total. The van der Waals surface area contributed by atoms with E-state index in [1.807, 2.05) is 6.92 Å². The highest BCUT2D eigenvalue weighted by Crippen LogP contribution is 2.30. The lowest BCUT2D eigenvalue weighted by Gasteiger charge is -2.39. The molecule has 2 amide bonds. The van der Waals surface area contributed by atoms with Crippen LogP contribution in [0.2, 0.25) is 0 Å². The first kappa shape index (κ1) is 20.6. The second-order valence-corrected chi connectivity index (χ2v) is 7.26. The van der Waals surface area contributed by atoms with Crippen molar-refractivity contribution >= 4 is 11.8 Å². The van der Waals surface area contributed by atoms with Crippen molar-refractivity contribution in [2.45, 2.75) is 51.1 Å². The summed E-state index contributed by atoms with van der Waals surface area (Å²) in [4.78, 5) is 27.2. The Bertz CT molecular complexity index is 747. The smallest absolute Gasteiger partial charge is 0.370 e. The number of hydrogen-bond donors (Lipinski definition) is 0. The molecule has 2 aliphatic rings. The van der Waals surface area contributed by atoms with Crippen LogP contribution in [0.4, 0.5) is 17.6 Å². The highest BCUT2D eigenvalue weighted by molar-refractivity contribution is 5.81. The third-order valence-corrected chi connectivity index (χ3v) is 5.25. The molecule has 0 N–H and O–H groups in total. The Balaban J connectivity index is 1.40. The molecule has 2 aliphatic heterocycles. The summed E-state index contributed by atoms with van der Waals surface area (Å²) in [5.41, 5.74) is -1.00. The highest BCUT2D eigenvalue weighted by atomic mass is 19.4. The summed E-state index contributed by atoms with van der Waals surface area (Å²) in [6.07, 6.45) is -3.29. The summed E-state index contributed by atoms with van der Waals surface area (Å²) in [7, 11) is 0. The first-order valence-electron chi connectivity index (χ1n) is 9.19. The molecule has 0 aliphatic carbocycles. The highest BCUT2D eigenvalue weighted by Gasteiger charge is 2.34. The first-order chi connectivity index (χ1) is 13.1. The Morgan fingerprint density at radius 3 is 2.57 bits per heavy atom. The van der Waals surface area contributed by atoms with Gasteiger partial charge in [-0.2, -0.15) is 13.2 Å². The number of alkyl halides is 3. The maximum absolute atomic E-state index is 13.8. The molecule has 28 heavy (non-hydrogen) atoms. The summed E-state index contributed by atoms with van der Waals surface area (Å²) < 4.78 is 56.9. The van der Waals surface area contributed by atoms with E-state index in [0.717, 1.165) is 18.6 Å². The Morgan fingerprint density at radius 2 is 2.00 bits per heavy atom. The largest absolute Gasteiger partial charge is 0.416 e. The van der Waals surface area contributed by atoms with Gasteiger partial charge >= 0.3 is 6.18 Å². The summed E-state index contributed by atoms with van der Waals surface area (Å²) >= 11 is 0. The maximum Gasteiger partial charge on any atom is 0.416 e. The van der Waals surface area contributed by atoms with Crippen LogP contribution in [0, 0.1) is 5.82 Å². The Morgan fingerprint density at radius 1 is 1.29 bits per heavy atom. The molecule has 1 aromatic carbocycles. The number of nitrogens with zero attached hydrogens (tertiary/aromatic N) is 2. The molecular weight excluding hydrogens is 380 g/mol. The lowest BCUT2D eigenvalue weighted by molar-refractivity contribution is -0.146. The molecule has 0 bridgehead atoms. The van der Waals surface area contributed by atoms with Crippen LogP contribution < -0.4 is 0 Å². The number of hydrogen-bond acceptors (Lipinski definition) is 3.